The lowest BCUT2D eigenvalue weighted by Gasteiger charge is -2.13. The molecule has 0 aromatic carbocycles. The molecule has 1 rings (SSSR count). The minimum absolute atomic E-state index is 0.0507. The van der Waals surface area contributed by atoms with Gasteiger partial charge in [-0.25, -0.2) is 13.1 Å². The summed E-state index contributed by atoms with van der Waals surface area (Å²) >= 11 is 0. The SMILES string of the molecule is CCOCCS(=O)(=O)NC(=O)c1cncc(N(C)C)c1. The molecule has 0 aliphatic heterocycles. The van der Waals surface area contributed by atoms with Gasteiger partial charge in [-0.1, -0.05) is 0 Å². The lowest BCUT2D eigenvalue weighted by Crippen LogP contribution is -2.34. The van der Waals surface area contributed by atoms with Gasteiger partial charge in [-0.05, 0) is 13.0 Å². The number of rotatable bonds is 7. The summed E-state index contributed by atoms with van der Waals surface area (Å²) < 4.78 is 30.3. The zero-order valence-corrected chi connectivity index (χ0v) is 12.6. The van der Waals surface area contributed by atoms with Gasteiger partial charge in [0.2, 0.25) is 10.0 Å². The van der Waals surface area contributed by atoms with Crippen LogP contribution in [0.2, 0.25) is 0 Å². The van der Waals surface area contributed by atoms with Crippen LogP contribution in [-0.2, 0) is 14.8 Å². The van der Waals surface area contributed by atoms with Gasteiger partial charge in [-0.2, -0.15) is 0 Å². The van der Waals surface area contributed by atoms with Crippen LogP contribution >= 0.6 is 0 Å². The van der Waals surface area contributed by atoms with Crippen molar-refractivity contribution in [1.82, 2.24) is 9.71 Å². The van der Waals surface area contributed by atoms with Crippen molar-refractivity contribution >= 4 is 21.6 Å². The van der Waals surface area contributed by atoms with E-state index < -0.39 is 15.9 Å². The van der Waals surface area contributed by atoms with Crippen molar-refractivity contribution in [3.8, 4) is 0 Å². The fraction of sp³-hybridized carbons (Fsp3) is 0.500. The van der Waals surface area contributed by atoms with Gasteiger partial charge in [-0.15, -0.1) is 0 Å². The number of aromatic nitrogens is 1. The van der Waals surface area contributed by atoms with Gasteiger partial charge >= 0.3 is 0 Å². The van der Waals surface area contributed by atoms with Crippen molar-refractivity contribution in [1.29, 1.82) is 0 Å². The fourth-order valence-corrected chi connectivity index (χ4v) is 2.20. The molecule has 0 radical (unpaired) electrons. The summed E-state index contributed by atoms with van der Waals surface area (Å²) in [4.78, 5) is 17.6. The summed E-state index contributed by atoms with van der Waals surface area (Å²) in [6.45, 7) is 2.25. The van der Waals surface area contributed by atoms with Gasteiger partial charge in [0.1, 0.15) is 0 Å². The van der Waals surface area contributed by atoms with Crippen LogP contribution in [0.3, 0.4) is 0 Å². The third-order valence-electron chi connectivity index (χ3n) is 2.45. The second-order valence-electron chi connectivity index (χ2n) is 4.27. The van der Waals surface area contributed by atoms with Gasteiger partial charge in [0, 0.05) is 26.9 Å². The first-order valence-electron chi connectivity index (χ1n) is 6.10. The van der Waals surface area contributed by atoms with Crippen molar-refractivity contribution in [3.05, 3.63) is 24.0 Å². The maximum absolute atomic E-state index is 11.9. The molecule has 7 nitrogen and oxygen atoms in total. The second kappa shape index (κ2) is 7.20. The van der Waals surface area contributed by atoms with E-state index in [1.165, 1.54) is 6.20 Å². The van der Waals surface area contributed by atoms with Crippen LogP contribution in [0.4, 0.5) is 5.69 Å². The number of hydrogen-bond donors (Lipinski definition) is 1. The van der Waals surface area contributed by atoms with E-state index >= 15 is 0 Å². The van der Waals surface area contributed by atoms with Crippen molar-refractivity contribution in [2.75, 3.05) is 38.0 Å². The van der Waals surface area contributed by atoms with E-state index in [0.29, 0.717) is 12.3 Å². The predicted molar refractivity (Wildman–Crippen MR) is 76.3 cm³/mol. The molecule has 1 amide bonds. The molecule has 0 saturated heterocycles. The van der Waals surface area contributed by atoms with E-state index in [4.69, 9.17) is 4.74 Å². The Morgan fingerprint density at radius 1 is 1.40 bits per heavy atom. The van der Waals surface area contributed by atoms with E-state index in [9.17, 15) is 13.2 Å². The van der Waals surface area contributed by atoms with Crippen molar-refractivity contribution < 1.29 is 17.9 Å². The Bertz CT molecular complexity index is 558. The lowest BCUT2D eigenvalue weighted by molar-refractivity contribution is 0.0980. The van der Waals surface area contributed by atoms with Crippen LogP contribution < -0.4 is 9.62 Å². The quantitative estimate of drug-likeness (QED) is 0.726. The number of amides is 1. The van der Waals surface area contributed by atoms with Gasteiger partial charge < -0.3 is 9.64 Å². The topological polar surface area (TPSA) is 88.6 Å². The van der Waals surface area contributed by atoms with Gasteiger partial charge in [0.15, 0.2) is 0 Å². The van der Waals surface area contributed by atoms with Crippen molar-refractivity contribution in [2.45, 2.75) is 6.92 Å². The molecule has 112 valence electrons. The first-order valence-corrected chi connectivity index (χ1v) is 7.76. The summed E-state index contributed by atoms with van der Waals surface area (Å²) in [5.41, 5.74) is 0.903. The van der Waals surface area contributed by atoms with E-state index in [1.807, 2.05) is 4.72 Å². The Morgan fingerprint density at radius 3 is 2.70 bits per heavy atom. The minimum atomic E-state index is -3.70. The van der Waals surface area contributed by atoms with E-state index in [2.05, 4.69) is 4.98 Å². The number of ether oxygens (including phenoxy) is 1. The maximum atomic E-state index is 11.9. The first kappa shape index (κ1) is 16.4. The van der Waals surface area contributed by atoms with Crippen LogP contribution in [-0.4, -0.2) is 52.4 Å². The summed E-state index contributed by atoms with van der Waals surface area (Å²) in [6, 6.07) is 1.57. The molecular formula is C12H19N3O4S. The molecule has 20 heavy (non-hydrogen) atoms. The molecule has 1 aromatic rings. The molecule has 0 aliphatic carbocycles. The Balaban J connectivity index is 2.73. The molecule has 0 saturated carbocycles. The van der Waals surface area contributed by atoms with Crippen LogP contribution in [0.5, 0.6) is 0 Å². The number of sulfonamides is 1. The molecule has 0 atom stereocenters. The standard InChI is InChI=1S/C12H19N3O4S/c1-4-19-5-6-20(17,18)14-12(16)10-7-11(15(2)3)9-13-8-10/h7-9H,4-6H2,1-3H3,(H,14,16). The van der Waals surface area contributed by atoms with Crippen LogP contribution in [0.15, 0.2) is 18.5 Å². The van der Waals surface area contributed by atoms with Crippen LogP contribution in [0, 0.1) is 0 Å². The predicted octanol–water partition coefficient (Wildman–Crippen LogP) is 0.244. The molecule has 0 bridgehead atoms. The normalized spacial score (nSPS) is 11.2. The highest BCUT2D eigenvalue weighted by molar-refractivity contribution is 7.90. The molecule has 1 heterocycles. The monoisotopic (exact) mass is 301 g/mol. The highest BCUT2D eigenvalue weighted by Crippen LogP contribution is 2.11. The van der Waals surface area contributed by atoms with Gasteiger partial charge in [0.05, 0.1) is 29.8 Å². The van der Waals surface area contributed by atoms with Crippen LogP contribution in [0.25, 0.3) is 0 Å². The molecule has 0 aliphatic rings. The number of hydrogen-bond acceptors (Lipinski definition) is 6. The number of nitrogens with zero attached hydrogens (tertiary/aromatic N) is 2. The highest BCUT2D eigenvalue weighted by atomic mass is 32.2. The number of nitrogens with one attached hydrogen (secondary N) is 1. The molecular weight excluding hydrogens is 282 g/mol. The number of carbonyl (C=O) groups is 1. The lowest BCUT2D eigenvalue weighted by atomic mass is 10.2. The zero-order valence-electron chi connectivity index (χ0n) is 11.8. The second-order valence-corrected chi connectivity index (χ2v) is 6.12. The molecule has 0 fully saturated rings. The smallest absolute Gasteiger partial charge is 0.266 e. The minimum Gasteiger partial charge on any atom is -0.381 e. The number of pyridine rings is 1. The Labute approximate surface area is 119 Å². The molecule has 8 heteroatoms. The molecule has 0 unspecified atom stereocenters. The van der Waals surface area contributed by atoms with E-state index in [1.54, 1.807) is 38.2 Å². The van der Waals surface area contributed by atoms with Crippen molar-refractivity contribution in [3.63, 3.8) is 0 Å². The third kappa shape index (κ3) is 5.14. The molecule has 1 N–H and O–H groups in total. The molecule has 1 aromatic heterocycles. The van der Waals surface area contributed by atoms with Gasteiger partial charge in [0.25, 0.3) is 5.91 Å². The van der Waals surface area contributed by atoms with Crippen molar-refractivity contribution in [2.24, 2.45) is 0 Å². The third-order valence-corrected chi connectivity index (χ3v) is 3.65. The zero-order chi connectivity index (χ0) is 15.2. The largest absolute Gasteiger partial charge is 0.381 e. The van der Waals surface area contributed by atoms with E-state index in [-0.39, 0.29) is 17.9 Å². The Hall–Kier alpha value is -1.67. The van der Waals surface area contributed by atoms with Crippen LogP contribution in [0.1, 0.15) is 17.3 Å². The average Bonchev–Trinajstić information content (AvgIpc) is 2.38. The fourth-order valence-electron chi connectivity index (χ4n) is 1.36. The summed E-state index contributed by atoms with van der Waals surface area (Å²) in [5.74, 6) is -0.953. The highest BCUT2D eigenvalue weighted by Gasteiger charge is 2.16. The maximum Gasteiger partial charge on any atom is 0.266 e. The Kier molecular flexibility index (Phi) is 5.90. The van der Waals surface area contributed by atoms with E-state index in [0.717, 1.165) is 0 Å². The first-order chi connectivity index (χ1) is 9.35. The number of carbonyl (C=O) groups excluding carboxylic acids is 1. The average molecular weight is 301 g/mol. The number of anilines is 1. The summed E-state index contributed by atoms with van der Waals surface area (Å²) in [5, 5.41) is 0. The van der Waals surface area contributed by atoms with Gasteiger partial charge in [-0.3, -0.25) is 9.78 Å². The Morgan fingerprint density at radius 2 is 2.10 bits per heavy atom. The summed E-state index contributed by atoms with van der Waals surface area (Å²) in [7, 11) is -0.0940. The summed E-state index contributed by atoms with van der Waals surface area (Å²) in [6.07, 6.45) is 2.90. The molecule has 0 spiro atoms.